The fourth-order valence-corrected chi connectivity index (χ4v) is 2.45. The summed E-state index contributed by atoms with van der Waals surface area (Å²) < 4.78 is 1.89. The summed E-state index contributed by atoms with van der Waals surface area (Å²) in [4.78, 5) is 11.2. The largest absolute Gasteiger partial charge is 0.298 e. The highest BCUT2D eigenvalue weighted by molar-refractivity contribution is 6.31. The molecule has 2 aromatic rings. The van der Waals surface area contributed by atoms with Crippen LogP contribution in [0.4, 0.5) is 0 Å². The Balaban J connectivity index is 2.43. The van der Waals surface area contributed by atoms with Crippen molar-refractivity contribution in [2.45, 2.75) is 33.2 Å². The van der Waals surface area contributed by atoms with Gasteiger partial charge in [-0.15, -0.1) is 0 Å². The first-order chi connectivity index (χ1) is 9.21. The Labute approximate surface area is 118 Å². The van der Waals surface area contributed by atoms with Crippen molar-refractivity contribution in [1.82, 2.24) is 9.78 Å². The normalized spacial score (nSPS) is 10.7. The van der Waals surface area contributed by atoms with Crippen LogP contribution >= 0.6 is 11.6 Å². The molecule has 0 spiro atoms. The molecular weight excluding hydrogens is 260 g/mol. The van der Waals surface area contributed by atoms with Gasteiger partial charge < -0.3 is 0 Å². The van der Waals surface area contributed by atoms with Crippen LogP contribution in [-0.2, 0) is 19.4 Å². The minimum Gasteiger partial charge on any atom is -0.298 e. The third kappa shape index (κ3) is 2.71. The second-order valence-corrected chi connectivity index (χ2v) is 4.79. The van der Waals surface area contributed by atoms with Crippen molar-refractivity contribution in [1.29, 1.82) is 0 Å². The van der Waals surface area contributed by atoms with Crippen molar-refractivity contribution >= 4 is 17.9 Å². The summed E-state index contributed by atoms with van der Waals surface area (Å²) in [5, 5.41) is 5.26. The fourth-order valence-electron chi connectivity index (χ4n) is 2.25. The SMILES string of the molecule is CCc1nn(Cc2ccccc2Cl)c(CC)c1C=O. The average molecular weight is 277 g/mol. The van der Waals surface area contributed by atoms with E-state index in [-0.39, 0.29) is 0 Å². The zero-order chi connectivity index (χ0) is 13.8. The summed E-state index contributed by atoms with van der Waals surface area (Å²) >= 11 is 6.17. The van der Waals surface area contributed by atoms with E-state index in [0.717, 1.165) is 46.7 Å². The van der Waals surface area contributed by atoms with Gasteiger partial charge in [-0.3, -0.25) is 9.48 Å². The van der Waals surface area contributed by atoms with Gasteiger partial charge in [-0.05, 0) is 24.5 Å². The van der Waals surface area contributed by atoms with Gasteiger partial charge in [-0.1, -0.05) is 43.6 Å². The number of hydrogen-bond donors (Lipinski definition) is 0. The summed E-state index contributed by atoms with van der Waals surface area (Å²) in [5.74, 6) is 0. The summed E-state index contributed by atoms with van der Waals surface area (Å²) in [7, 11) is 0. The highest BCUT2D eigenvalue weighted by Gasteiger charge is 2.15. The molecule has 1 heterocycles. The Kier molecular flexibility index (Phi) is 4.38. The molecule has 1 aromatic carbocycles. The maximum atomic E-state index is 11.2. The second-order valence-electron chi connectivity index (χ2n) is 4.38. The van der Waals surface area contributed by atoms with Crippen LogP contribution in [0.1, 0.15) is 41.2 Å². The van der Waals surface area contributed by atoms with Crippen molar-refractivity contribution in [2.75, 3.05) is 0 Å². The molecule has 0 radical (unpaired) electrons. The summed E-state index contributed by atoms with van der Waals surface area (Å²) in [5.41, 5.74) is 3.59. The van der Waals surface area contributed by atoms with E-state index < -0.39 is 0 Å². The summed E-state index contributed by atoms with van der Waals surface area (Å²) in [6.45, 7) is 4.64. The van der Waals surface area contributed by atoms with E-state index in [4.69, 9.17) is 11.6 Å². The maximum absolute atomic E-state index is 11.2. The van der Waals surface area contributed by atoms with Crippen molar-refractivity contribution in [2.24, 2.45) is 0 Å². The lowest BCUT2D eigenvalue weighted by Crippen LogP contribution is -2.07. The molecule has 0 aliphatic carbocycles. The Morgan fingerprint density at radius 1 is 1.26 bits per heavy atom. The number of nitrogens with zero attached hydrogens (tertiary/aromatic N) is 2. The molecule has 0 aliphatic rings. The molecule has 2 rings (SSSR count). The Hall–Kier alpha value is -1.61. The third-order valence-corrected chi connectivity index (χ3v) is 3.61. The molecule has 0 saturated heterocycles. The molecule has 4 heteroatoms. The highest BCUT2D eigenvalue weighted by Crippen LogP contribution is 2.20. The lowest BCUT2D eigenvalue weighted by molar-refractivity contribution is 0.112. The topological polar surface area (TPSA) is 34.9 Å². The number of benzene rings is 1. The molecule has 1 aromatic heterocycles. The minimum atomic E-state index is 0.601. The lowest BCUT2D eigenvalue weighted by Gasteiger charge is -2.08. The van der Waals surface area contributed by atoms with Crippen LogP contribution < -0.4 is 0 Å². The number of rotatable bonds is 5. The van der Waals surface area contributed by atoms with E-state index in [1.807, 2.05) is 42.8 Å². The van der Waals surface area contributed by atoms with Gasteiger partial charge in [0.2, 0.25) is 0 Å². The molecule has 0 aliphatic heterocycles. The molecule has 0 unspecified atom stereocenters. The molecule has 3 nitrogen and oxygen atoms in total. The van der Waals surface area contributed by atoms with E-state index in [9.17, 15) is 4.79 Å². The Bertz CT molecular complexity index is 590. The minimum absolute atomic E-state index is 0.601. The van der Waals surface area contributed by atoms with Gasteiger partial charge in [0, 0.05) is 10.7 Å². The molecule has 0 N–H and O–H groups in total. The molecule has 100 valence electrons. The van der Waals surface area contributed by atoms with Gasteiger partial charge in [-0.2, -0.15) is 5.10 Å². The van der Waals surface area contributed by atoms with Gasteiger partial charge in [0.05, 0.1) is 17.8 Å². The number of halogens is 1. The molecular formula is C15H17ClN2O. The lowest BCUT2D eigenvalue weighted by atomic mass is 10.1. The van der Waals surface area contributed by atoms with E-state index in [0.29, 0.717) is 6.54 Å². The second kappa shape index (κ2) is 6.02. The predicted octanol–water partition coefficient (Wildman–Crippen LogP) is 3.52. The monoisotopic (exact) mass is 276 g/mol. The number of aryl methyl sites for hydroxylation is 1. The van der Waals surface area contributed by atoms with Crippen LogP contribution in [0.5, 0.6) is 0 Å². The Morgan fingerprint density at radius 2 is 2.00 bits per heavy atom. The smallest absolute Gasteiger partial charge is 0.153 e. The van der Waals surface area contributed by atoms with Gasteiger partial charge in [0.15, 0.2) is 6.29 Å². The molecule has 0 amide bonds. The predicted molar refractivity (Wildman–Crippen MR) is 76.9 cm³/mol. The van der Waals surface area contributed by atoms with Crippen molar-refractivity contribution in [3.63, 3.8) is 0 Å². The molecule has 19 heavy (non-hydrogen) atoms. The van der Waals surface area contributed by atoms with Crippen LogP contribution in [0, 0.1) is 0 Å². The van der Waals surface area contributed by atoms with Gasteiger partial charge in [0.1, 0.15) is 0 Å². The van der Waals surface area contributed by atoms with Crippen LogP contribution in [0.15, 0.2) is 24.3 Å². The summed E-state index contributed by atoms with van der Waals surface area (Å²) in [6, 6.07) is 7.71. The first-order valence-electron chi connectivity index (χ1n) is 6.48. The van der Waals surface area contributed by atoms with Crippen LogP contribution in [0.2, 0.25) is 5.02 Å². The summed E-state index contributed by atoms with van der Waals surface area (Å²) in [6.07, 6.45) is 2.45. The highest BCUT2D eigenvalue weighted by atomic mass is 35.5. The fraction of sp³-hybridized carbons (Fsp3) is 0.333. The number of carbonyl (C=O) groups is 1. The van der Waals surface area contributed by atoms with Gasteiger partial charge >= 0.3 is 0 Å². The van der Waals surface area contributed by atoms with Crippen molar-refractivity contribution in [3.8, 4) is 0 Å². The average Bonchev–Trinajstić information content (AvgIpc) is 2.78. The molecule has 0 bridgehead atoms. The zero-order valence-electron chi connectivity index (χ0n) is 11.2. The van der Waals surface area contributed by atoms with Crippen LogP contribution in [0.3, 0.4) is 0 Å². The maximum Gasteiger partial charge on any atom is 0.153 e. The van der Waals surface area contributed by atoms with E-state index in [1.165, 1.54) is 0 Å². The van der Waals surface area contributed by atoms with E-state index in [2.05, 4.69) is 5.10 Å². The molecule has 0 saturated carbocycles. The first-order valence-corrected chi connectivity index (χ1v) is 6.86. The number of carbonyl (C=O) groups excluding carboxylic acids is 1. The van der Waals surface area contributed by atoms with Crippen LogP contribution in [-0.4, -0.2) is 16.1 Å². The quantitative estimate of drug-likeness (QED) is 0.783. The third-order valence-electron chi connectivity index (χ3n) is 3.24. The van der Waals surface area contributed by atoms with Gasteiger partial charge in [0.25, 0.3) is 0 Å². The van der Waals surface area contributed by atoms with Gasteiger partial charge in [-0.25, -0.2) is 0 Å². The number of aldehydes is 1. The molecule has 0 atom stereocenters. The van der Waals surface area contributed by atoms with Crippen molar-refractivity contribution < 1.29 is 4.79 Å². The van der Waals surface area contributed by atoms with E-state index in [1.54, 1.807) is 0 Å². The first kappa shape index (κ1) is 13.8. The van der Waals surface area contributed by atoms with Crippen LogP contribution in [0.25, 0.3) is 0 Å². The zero-order valence-corrected chi connectivity index (χ0v) is 11.9. The molecule has 0 fully saturated rings. The number of aromatic nitrogens is 2. The van der Waals surface area contributed by atoms with E-state index >= 15 is 0 Å². The standard InChI is InChI=1S/C15H17ClN2O/c1-3-14-12(10-19)15(4-2)18(17-14)9-11-7-5-6-8-13(11)16/h5-8,10H,3-4,9H2,1-2H3. The van der Waals surface area contributed by atoms with Crippen molar-refractivity contribution in [3.05, 3.63) is 51.8 Å². The Morgan fingerprint density at radius 3 is 2.58 bits per heavy atom. The number of hydrogen-bond acceptors (Lipinski definition) is 2.